The molecule has 0 unspecified atom stereocenters. The Morgan fingerprint density at radius 3 is 2.71 bits per heavy atom. The molecule has 0 bridgehead atoms. The largest absolute Gasteiger partial charge is 0.390 e. The van der Waals surface area contributed by atoms with E-state index >= 15 is 0 Å². The van der Waals surface area contributed by atoms with Gasteiger partial charge in [-0.2, -0.15) is 0 Å². The number of aromatic amines is 1. The topological polar surface area (TPSA) is 44.2 Å². The second-order valence-electron chi connectivity index (χ2n) is 5.44. The maximum Gasteiger partial charge on any atom is 0.177 e. The first-order valence-electron chi connectivity index (χ1n) is 6.11. The zero-order valence-corrected chi connectivity index (χ0v) is 11.4. The Kier molecular flexibility index (Phi) is 3.70. The van der Waals surface area contributed by atoms with Crippen LogP contribution in [0.4, 0.5) is 0 Å². The van der Waals surface area contributed by atoms with Crippen molar-refractivity contribution in [2.75, 3.05) is 20.1 Å². The summed E-state index contributed by atoms with van der Waals surface area (Å²) in [7, 11) is 2.17. The van der Waals surface area contributed by atoms with Crippen LogP contribution >= 0.6 is 12.2 Å². The molecule has 0 aromatic carbocycles. The van der Waals surface area contributed by atoms with Gasteiger partial charge < -0.3 is 19.6 Å². The van der Waals surface area contributed by atoms with E-state index in [4.69, 9.17) is 12.2 Å². The third kappa shape index (κ3) is 2.78. The van der Waals surface area contributed by atoms with E-state index < -0.39 is 0 Å². The van der Waals surface area contributed by atoms with Gasteiger partial charge in [0, 0.05) is 12.7 Å². The number of hydrogen-bond donors (Lipinski definition) is 2. The van der Waals surface area contributed by atoms with Gasteiger partial charge in [-0.05, 0) is 50.6 Å². The Balaban J connectivity index is 2.14. The number of piperidine rings is 1. The summed E-state index contributed by atoms with van der Waals surface area (Å²) in [4.78, 5) is 5.38. The van der Waals surface area contributed by atoms with Crippen LogP contribution in [0.25, 0.3) is 0 Å². The molecule has 96 valence electrons. The fourth-order valence-electron chi connectivity index (χ4n) is 2.43. The molecule has 0 atom stereocenters. The summed E-state index contributed by atoms with van der Waals surface area (Å²) in [6, 6.07) is 0. The van der Waals surface area contributed by atoms with E-state index in [-0.39, 0.29) is 12.0 Å². The number of aliphatic hydroxyl groups excluding tert-OH is 1. The van der Waals surface area contributed by atoms with Crippen LogP contribution in [0.2, 0.25) is 0 Å². The molecule has 5 heteroatoms. The van der Waals surface area contributed by atoms with Crippen molar-refractivity contribution in [2.45, 2.75) is 32.9 Å². The predicted octanol–water partition coefficient (Wildman–Crippen LogP) is 1.77. The van der Waals surface area contributed by atoms with Crippen LogP contribution in [-0.2, 0) is 13.2 Å². The summed E-state index contributed by atoms with van der Waals surface area (Å²) in [5, 5.41) is 9.29. The second kappa shape index (κ2) is 4.92. The molecule has 17 heavy (non-hydrogen) atoms. The van der Waals surface area contributed by atoms with Crippen molar-refractivity contribution in [2.24, 2.45) is 5.41 Å². The number of H-pyrrole nitrogens is 1. The molecule has 1 aliphatic heterocycles. The SMILES string of the molecule is CN1CCC(C)(Cn2c(CO)c[nH]c2=S)CC1. The first-order valence-corrected chi connectivity index (χ1v) is 6.51. The highest BCUT2D eigenvalue weighted by atomic mass is 32.1. The van der Waals surface area contributed by atoms with Gasteiger partial charge in [-0.15, -0.1) is 0 Å². The van der Waals surface area contributed by atoms with Gasteiger partial charge in [0.15, 0.2) is 4.77 Å². The average molecular weight is 255 g/mol. The lowest BCUT2D eigenvalue weighted by Gasteiger charge is -2.38. The van der Waals surface area contributed by atoms with Crippen LogP contribution in [0.5, 0.6) is 0 Å². The Morgan fingerprint density at radius 2 is 2.12 bits per heavy atom. The minimum absolute atomic E-state index is 0.0448. The highest BCUT2D eigenvalue weighted by Crippen LogP contribution is 2.32. The third-order valence-electron chi connectivity index (χ3n) is 3.85. The molecule has 1 saturated heterocycles. The summed E-state index contributed by atoms with van der Waals surface area (Å²) >= 11 is 5.27. The summed E-state index contributed by atoms with van der Waals surface area (Å²) < 4.78 is 2.76. The molecule has 1 fully saturated rings. The second-order valence-corrected chi connectivity index (χ2v) is 5.83. The first kappa shape index (κ1) is 12.8. The number of rotatable bonds is 3. The molecule has 0 amide bonds. The molecule has 0 saturated carbocycles. The molecule has 1 aliphatic rings. The maximum absolute atomic E-state index is 9.29. The lowest BCUT2D eigenvalue weighted by molar-refractivity contribution is 0.117. The summed E-state index contributed by atoms with van der Waals surface area (Å²) in [6.45, 7) is 5.55. The molecular weight excluding hydrogens is 234 g/mol. The standard InChI is InChI=1S/C12H21N3OS/c1-12(3-5-14(2)6-4-12)9-15-10(8-16)7-13-11(15)17/h7,16H,3-6,8-9H2,1-2H3,(H,13,17). The molecule has 2 rings (SSSR count). The van der Waals surface area contributed by atoms with Crippen molar-refractivity contribution in [3.63, 3.8) is 0 Å². The van der Waals surface area contributed by atoms with Crippen LogP contribution in [0, 0.1) is 10.2 Å². The normalized spacial score (nSPS) is 20.6. The van der Waals surface area contributed by atoms with Gasteiger partial charge in [0.2, 0.25) is 0 Å². The highest BCUT2D eigenvalue weighted by molar-refractivity contribution is 7.71. The predicted molar refractivity (Wildman–Crippen MR) is 70.4 cm³/mol. The molecule has 2 heterocycles. The minimum Gasteiger partial charge on any atom is -0.390 e. The van der Waals surface area contributed by atoms with Crippen molar-refractivity contribution in [1.29, 1.82) is 0 Å². The van der Waals surface area contributed by atoms with E-state index in [9.17, 15) is 5.11 Å². The van der Waals surface area contributed by atoms with Gasteiger partial charge in [0.25, 0.3) is 0 Å². The smallest absolute Gasteiger partial charge is 0.177 e. The highest BCUT2D eigenvalue weighted by Gasteiger charge is 2.29. The monoisotopic (exact) mass is 255 g/mol. The van der Waals surface area contributed by atoms with Crippen LogP contribution in [0.1, 0.15) is 25.5 Å². The van der Waals surface area contributed by atoms with E-state index in [1.54, 1.807) is 6.20 Å². The Bertz CT molecular complexity index is 429. The van der Waals surface area contributed by atoms with E-state index in [2.05, 4.69) is 23.9 Å². The Labute approximate surface area is 107 Å². The molecule has 1 aromatic heterocycles. The van der Waals surface area contributed by atoms with Crippen LogP contribution in [0.15, 0.2) is 6.20 Å². The Hall–Kier alpha value is -0.650. The fourth-order valence-corrected chi connectivity index (χ4v) is 2.67. The zero-order valence-electron chi connectivity index (χ0n) is 10.6. The molecular formula is C12H21N3OS. The number of nitrogens with zero attached hydrogens (tertiary/aromatic N) is 2. The van der Waals surface area contributed by atoms with Gasteiger partial charge in [-0.1, -0.05) is 6.92 Å². The van der Waals surface area contributed by atoms with E-state index in [0.717, 1.165) is 25.3 Å². The van der Waals surface area contributed by atoms with Gasteiger partial charge in [-0.25, -0.2) is 0 Å². The van der Waals surface area contributed by atoms with Crippen LogP contribution in [0.3, 0.4) is 0 Å². The molecule has 0 radical (unpaired) electrons. The van der Waals surface area contributed by atoms with Crippen molar-refractivity contribution in [3.05, 3.63) is 16.7 Å². The quantitative estimate of drug-likeness (QED) is 0.809. The summed E-state index contributed by atoms with van der Waals surface area (Å²) in [6.07, 6.45) is 4.17. The molecule has 2 N–H and O–H groups in total. The van der Waals surface area contributed by atoms with Gasteiger partial charge >= 0.3 is 0 Å². The average Bonchev–Trinajstić information content (AvgIpc) is 2.65. The molecule has 0 spiro atoms. The number of aliphatic hydroxyl groups is 1. The van der Waals surface area contributed by atoms with Crippen molar-refractivity contribution in [3.8, 4) is 0 Å². The summed E-state index contributed by atoms with van der Waals surface area (Å²) in [5.74, 6) is 0. The molecule has 0 aliphatic carbocycles. The number of nitrogens with one attached hydrogen (secondary N) is 1. The first-order chi connectivity index (χ1) is 8.04. The van der Waals surface area contributed by atoms with Crippen molar-refractivity contribution < 1.29 is 5.11 Å². The van der Waals surface area contributed by atoms with Crippen LogP contribution in [-0.4, -0.2) is 39.7 Å². The van der Waals surface area contributed by atoms with Crippen LogP contribution < -0.4 is 0 Å². The van der Waals surface area contributed by atoms with E-state index in [1.807, 2.05) is 4.57 Å². The van der Waals surface area contributed by atoms with Crippen molar-refractivity contribution in [1.82, 2.24) is 14.5 Å². The maximum atomic E-state index is 9.29. The van der Waals surface area contributed by atoms with Gasteiger partial charge in [0.05, 0.1) is 12.3 Å². The molecule has 1 aromatic rings. The lowest BCUT2D eigenvalue weighted by atomic mass is 9.80. The third-order valence-corrected chi connectivity index (χ3v) is 4.19. The summed E-state index contributed by atoms with van der Waals surface area (Å²) in [5.41, 5.74) is 1.17. The molecule has 4 nitrogen and oxygen atoms in total. The Morgan fingerprint density at radius 1 is 1.47 bits per heavy atom. The van der Waals surface area contributed by atoms with Crippen molar-refractivity contribution >= 4 is 12.2 Å². The van der Waals surface area contributed by atoms with E-state index in [0.29, 0.717) is 4.77 Å². The lowest BCUT2D eigenvalue weighted by Crippen LogP contribution is -2.38. The number of aromatic nitrogens is 2. The van der Waals surface area contributed by atoms with Gasteiger partial charge in [0.1, 0.15) is 0 Å². The number of likely N-dealkylation sites (tertiary alicyclic amines) is 1. The number of hydrogen-bond acceptors (Lipinski definition) is 3. The van der Waals surface area contributed by atoms with Gasteiger partial charge in [-0.3, -0.25) is 0 Å². The van der Waals surface area contributed by atoms with E-state index in [1.165, 1.54) is 12.8 Å². The minimum atomic E-state index is 0.0448. The zero-order chi connectivity index (χ0) is 12.5. The fraction of sp³-hybridized carbons (Fsp3) is 0.750. The number of imidazole rings is 1.